The Kier molecular flexibility index (Phi) is 7.25. The van der Waals surface area contributed by atoms with E-state index in [9.17, 15) is 17.6 Å². The summed E-state index contributed by atoms with van der Waals surface area (Å²) >= 11 is 0. The highest BCUT2D eigenvalue weighted by Gasteiger charge is 2.46. The third-order valence-corrected chi connectivity index (χ3v) is 9.71. The minimum atomic E-state index is -3.74. The SMILES string of the molecule is Cc1cccc(S(=O)(=O)N[C@@H]2CCCc3ccc(N(Cc4nccn4C)C(=O)[C@H]4C[C@H]4c4ccc(F)cc4)cc32)c1. The van der Waals surface area contributed by atoms with Crippen LogP contribution in [0.2, 0.25) is 0 Å². The van der Waals surface area contributed by atoms with Gasteiger partial charge >= 0.3 is 0 Å². The van der Waals surface area contributed by atoms with Crippen LogP contribution < -0.4 is 9.62 Å². The van der Waals surface area contributed by atoms with Crippen LogP contribution >= 0.6 is 0 Å². The molecule has 41 heavy (non-hydrogen) atoms. The monoisotopic (exact) mass is 572 g/mol. The number of imidazole rings is 1. The highest BCUT2D eigenvalue weighted by atomic mass is 32.2. The number of carbonyl (C=O) groups excluding carboxylic acids is 1. The summed E-state index contributed by atoms with van der Waals surface area (Å²) in [7, 11) is -1.84. The first-order valence-corrected chi connectivity index (χ1v) is 15.4. The summed E-state index contributed by atoms with van der Waals surface area (Å²) in [5.74, 6) is 0.253. The molecule has 1 N–H and O–H groups in total. The number of aromatic nitrogens is 2. The minimum absolute atomic E-state index is 0.0185. The second-order valence-electron chi connectivity index (χ2n) is 11.1. The quantitative estimate of drug-likeness (QED) is 0.300. The number of benzene rings is 3. The average molecular weight is 573 g/mol. The van der Waals surface area contributed by atoms with Gasteiger partial charge in [0.2, 0.25) is 15.9 Å². The van der Waals surface area contributed by atoms with Gasteiger partial charge in [-0.3, -0.25) is 4.79 Å². The van der Waals surface area contributed by atoms with E-state index >= 15 is 0 Å². The molecule has 1 saturated carbocycles. The Morgan fingerprint density at radius 3 is 2.66 bits per heavy atom. The van der Waals surface area contributed by atoms with Crippen LogP contribution in [-0.4, -0.2) is 23.9 Å². The van der Waals surface area contributed by atoms with Crippen molar-refractivity contribution in [1.29, 1.82) is 0 Å². The molecule has 7 nitrogen and oxygen atoms in total. The molecule has 6 rings (SSSR count). The van der Waals surface area contributed by atoms with Crippen molar-refractivity contribution in [2.75, 3.05) is 4.90 Å². The molecule has 1 amide bonds. The number of carbonyl (C=O) groups is 1. The van der Waals surface area contributed by atoms with Gasteiger partial charge in [0.15, 0.2) is 0 Å². The molecule has 0 saturated heterocycles. The van der Waals surface area contributed by atoms with E-state index in [0.29, 0.717) is 18.5 Å². The fraction of sp³-hybridized carbons (Fsp3) is 0.312. The van der Waals surface area contributed by atoms with Crippen LogP contribution in [0.15, 0.2) is 84.0 Å². The number of hydrogen-bond acceptors (Lipinski definition) is 4. The van der Waals surface area contributed by atoms with Crippen LogP contribution in [0.5, 0.6) is 0 Å². The summed E-state index contributed by atoms with van der Waals surface area (Å²) in [6.07, 6.45) is 6.64. The predicted octanol–water partition coefficient (Wildman–Crippen LogP) is 5.56. The van der Waals surface area contributed by atoms with E-state index in [0.717, 1.165) is 40.9 Å². The number of fused-ring (bicyclic) bond motifs is 1. The molecule has 0 bridgehead atoms. The van der Waals surface area contributed by atoms with E-state index in [-0.39, 0.29) is 35.0 Å². The molecule has 212 valence electrons. The van der Waals surface area contributed by atoms with Gasteiger partial charge in [0.25, 0.3) is 0 Å². The standard InChI is InChI=1S/C32H33FN4O3S/c1-21-5-3-7-26(17-21)41(39,40)35-30-8-4-6-22-11-14-25(18-28(22)30)37(20-31-34-15-16-36(31)2)32(38)29-19-27(29)23-9-12-24(33)13-10-23/h3,5,7,9-18,27,29-30,35H,4,6,8,19-20H2,1-2H3/t27-,29-,30+/m0/s1. The molecule has 1 fully saturated rings. The van der Waals surface area contributed by atoms with Crippen LogP contribution in [0.25, 0.3) is 0 Å². The summed E-state index contributed by atoms with van der Waals surface area (Å²) in [5.41, 5.74) is 4.52. The van der Waals surface area contributed by atoms with Crippen molar-refractivity contribution in [3.05, 3.63) is 113 Å². The molecular formula is C32H33FN4O3S. The minimum Gasteiger partial charge on any atom is -0.337 e. The van der Waals surface area contributed by atoms with E-state index in [1.54, 1.807) is 41.4 Å². The lowest BCUT2D eigenvalue weighted by atomic mass is 9.87. The predicted molar refractivity (Wildman–Crippen MR) is 155 cm³/mol. The Balaban J connectivity index is 1.31. The first-order valence-electron chi connectivity index (χ1n) is 13.9. The van der Waals surface area contributed by atoms with Crippen LogP contribution in [0, 0.1) is 18.7 Å². The maximum absolute atomic E-state index is 14.0. The van der Waals surface area contributed by atoms with Gasteiger partial charge < -0.3 is 9.47 Å². The van der Waals surface area contributed by atoms with E-state index in [4.69, 9.17) is 0 Å². The van der Waals surface area contributed by atoms with E-state index in [1.165, 1.54) is 12.1 Å². The maximum Gasteiger partial charge on any atom is 0.241 e. The van der Waals surface area contributed by atoms with Crippen molar-refractivity contribution < 1.29 is 17.6 Å². The number of hydrogen-bond donors (Lipinski definition) is 1. The number of halogens is 1. The van der Waals surface area contributed by atoms with Crippen molar-refractivity contribution in [3.8, 4) is 0 Å². The molecule has 1 heterocycles. The molecule has 0 spiro atoms. The van der Waals surface area contributed by atoms with Gasteiger partial charge in [-0.1, -0.05) is 30.3 Å². The zero-order valence-electron chi connectivity index (χ0n) is 23.1. The van der Waals surface area contributed by atoms with Gasteiger partial charge in [-0.2, -0.15) is 0 Å². The third kappa shape index (κ3) is 5.69. The summed E-state index contributed by atoms with van der Waals surface area (Å²) in [5, 5.41) is 0. The van der Waals surface area contributed by atoms with E-state index in [2.05, 4.69) is 9.71 Å². The normalized spacial score (nSPS) is 19.9. The van der Waals surface area contributed by atoms with Gasteiger partial charge in [0, 0.05) is 37.1 Å². The first-order chi connectivity index (χ1) is 19.7. The molecule has 2 aliphatic carbocycles. The molecule has 9 heteroatoms. The van der Waals surface area contributed by atoms with Crippen LogP contribution in [0.4, 0.5) is 10.1 Å². The smallest absolute Gasteiger partial charge is 0.241 e. The van der Waals surface area contributed by atoms with Crippen molar-refractivity contribution in [2.45, 2.75) is 56.0 Å². The van der Waals surface area contributed by atoms with E-state index < -0.39 is 16.1 Å². The summed E-state index contributed by atoms with van der Waals surface area (Å²) in [4.78, 5) is 20.5. The van der Waals surface area contributed by atoms with Gasteiger partial charge in [0.05, 0.1) is 11.4 Å². The molecule has 0 radical (unpaired) electrons. The average Bonchev–Trinajstić information content (AvgIpc) is 3.66. The number of nitrogens with one attached hydrogen (secondary N) is 1. The molecule has 3 aromatic carbocycles. The molecule has 4 aromatic rings. The molecule has 0 unspecified atom stereocenters. The van der Waals surface area contributed by atoms with Gasteiger partial charge in [0.1, 0.15) is 11.6 Å². The van der Waals surface area contributed by atoms with Gasteiger partial charge in [-0.05, 0) is 97.2 Å². The largest absolute Gasteiger partial charge is 0.337 e. The van der Waals surface area contributed by atoms with Crippen LogP contribution in [0.1, 0.15) is 59.3 Å². The fourth-order valence-corrected chi connectivity index (χ4v) is 7.20. The molecule has 1 aromatic heterocycles. The Bertz CT molecular complexity index is 1700. The molecule has 3 atom stereocenters. The number of amides is 1. The van der Waals surface area contributed by atoms with Gasteiger partial charge in [-0.25, -0.2) is 22.5 Å². The Hall–Kier alpha value is -3.82. The molecule has 2 aliphatic rings. The number of aryl methyl sites for hydroxylation is 3. The number of sulfonamides is 1. The maximum atomic E-state index is 14.0. The topological polar surface area (TPSA) is 84.3 Å². The van der Waals surface area contributed by atoms with Crippen molar-refractivity contribution in [3.63, 3.8) is 0 Å². The fourth-order valence-electron chi connectivity index (χ4n) is 5.85. The van der Waals surface area contributed by atoms with Crippen molar-refractivity contribution >= 4 is 21.6 Å². The third-order valence-electron chi connectivity index (χ3n) is 8.25. The number of anilines is 1. The van der Waals surface area contributed by atoms with Crippen molar-refractivity contribution in [2.24, 2.45) is 13.0 Å². The molecule has 0 aliphatic heterocycles. The first kappa shape index (κ1) is 27.4. The lowest BCUT2D eigenvalue weighted by Crippen LogP contribution is -2.34. The zero-order chi connectivity index (χ0) is 28.7. The Morgan fingerprint density at radius 1 is 1.12 bits per heavy atom. The number of rotatable bonds is 8. The summed E-state index contributed by atoms with van der Waals surface area (Å²) < 4.78 is 44.9. The lowest BCUT2D eigenvalue weighted by molar-refractivity contribution is -0.120. The van der Waals surface area contributed by atoms with Crippen LogP contribution in [0.3, 0.4) is 0 Å². The Morgan fingerprint density at radius 2 is 1.93 bits per heavy atom. The highest BCUT2D eigenvalue weighted by Crippen LogP contribution is 2.49. The molecular weight excluding hydrogens is 539 g/mol. The van der Waals surface area contributed by atoms with E-state index in [1.807, 2.05) is 49.0 Å². The van der Waals surface area contributed by atoms with Gasteiger partial charge in [-0.15, -0.1) is 0 Å². The van der Waals surface area contributed by atoms with Crippen LogP contribution in [-0.2, 0) is 34.8 Å². The second kappa shape index (κ2) is 10.9. The second-order valence-corrected chi connectivity index (χ2v) is 12.9. The lowest BCUT2D eigenvalue weighted by Gasteiger charge is -2.29. The zero-order valence-corrected chi connectivity index (χ0v) is 23.9. The summed E-state index contributed by atoms with van der Waals surface area (Å²) in [6, 6.07) is 18.8. The number of nitrogens with zero attached hydrogens (tertiary/aromatic N) is 3. The highest BCUT2D eigenvalue weighted by molar-refractivity contribution is 7.89. The Labute approximate surface area is 240 Å². The van der Waals surface area contributed by atoms with Crippen molar-refractivity contribution in [1.82, 2.24) is 14.3 Å². The summed E-state index contributed by atoms with van der Waals surface area (Å²) in [6.45, 7) is 2.16.